The minimum atomic E-state index is -0.619. The Labute approximate surface area is 205 Å². The van der Waals surface area contributed by atoms with E-state index in [0.29, 0.717) is 36.1 Å². The molecule has 0 radical (unpaired) electrons. The summed E-state index contributed by atoms with van der Waals surface area (Å²) in [5.41, 5.74) is 0.267. The second-order valence-corrected chi connectivity index (χ2v) is 9.72. The Morgan fingerprint density at radius 1 is 1.03 bits per heavy atom. The van der Waals surface area contributed by atoms with E-state index in [-0.39, 0.29) is 18.3 Å². The Bertz CT molecular complexity index is 1020. The van der Waals surface area contributed by atoms with Gasteiger partial charge in [0, 0.05) is 16.4 Å². The molecule has 1 aromatic heterocycles. The monoisotopic (exact) mass is 487 g/mol. The molecule has 1 amide bonds. The van der Waals surface area contributed by atoms with Crippen molar-refractivity contribution in [1.82, 2.24) is 5.32 Å². The first kappa shape index (κ1) is 27.1. The summed E-state index contributed by atoms with van der Waals surface area (Å²) in [4.78, 5) is 37.8. The van der Waals surface area contributed by atoms with Crippen LogP contribution in [0, 0.1) is 5.41 Å². The zero-order chi connectivity index (χ0) is 25.1. The van der Waals surface area contributed by atoms with Gasteiger partial charge in [-0.05, 0) is 49.2 Å². The topological polar surface area (TPSA) is 90.9 Å². The van der Waals surface area contributed by atoms with Crippen molar-refractivity contribution in [1.29, 1.82) is 0 Å². The standard InChI is InChI=1S/C26H33NO6S/c1-6-14-32-21-11-8-18(15-22(21)31-7-2)9-13-24(29)33-17-20(28)23-12-10-19(34-23)16-27-25(30)26(3,4)5/h8-13,15H,6-7,14,16-17H2,1-5H3,(H,27,30)/b13-9+. The number of nitrogens with one attached hydrogen (secondary N) is 1. The van der Waals surface area contributed by atoms with Crippen molar-refractivity contribution in [3.8, 4) is 11.5 Å². The second-order valence-electron chi connectivity index (χ2n) is 8.55. The maximum Gasteiger partial charge on any atom is 0.331 e. The molecule has 0 aliphatic rings. The third-order valence-electron chi connectivity index (χ3n) is 4.53. The van der Waals surface area contributed by atoms with Gasteiger partial charge in [0.15, 0.2) is 18.1 Å². The maximum absolute atomic E-state index is 12.4. The van der Waals surface area contributed by atoms with Gasteiger partial charge in [0.2, 0.25) is 11.7 Å². The van der Waals surface area contributed by atoms with E-state index < -0.39 is 11.4 Å². The summed E-state index contributed by atoms with van der Waals surface area (Å²) in [7, 11) is 0. The molecule has 0 aliphatic carbocycles. The Hall–Kier alpha value is -3.13. The smallest absolute Gasteiger partial charge is 0.331 e. The summed E-state index contributed by atoms with van der Waals surface area (Å²) in [6.45, 7) is 10.5. The number of ether oxygens (including phenoxy) is 3. The van der Waals surface area contributed by atoms with Gasteiger partial charge < -0.3 is 19.5 Å². The van der Waals surface area contributed by atoms with Crippen LogP contribution in [0.25, 0.3) is 6.08 Å². The first-order valence-corrected chi connectivity index (χ1v) is 12.1. The molecule has 0 atom stereocenters. The molecule has 0 bridgehead atoms. The van der Waals surface area contributed by atoms with Gasteiger partial charge in [0.25, 0.3) is 0 Å². The fraction of sp³-hybridized carbons (Fsp3) is 0.423. The van der Waals surface area contributed by atoms with E-state index in [0.717, 1.165) is 16.9 Å². The van der Waals surface area contributed by atoms with Crippen LogP contribution < -0.4 is 14.8 Å². The number of hydrogen-bond donors (Lipinski definition) is 1. The Kier molecular flexibility index (Phi) is 10.3. The summed E-state index contributed by atoms with van der Waals surface area (Å²) < 4.78 is 16.4. The molecule has 34 heavy (non-hydrogen) atoms. The number of carbonyl (C=O) groups excluding carboxylic acids is 3. The van der Waals surface area contributed by atoms with Crippen molar-refractivity contribution in [2.24, 2.45) is 5.41 Å². The molecule has 0 fully saturated rings. The first-order valence-electron chi connectivity index (χ1n) is 11.3. The lowest BCUT2D eigenvalue weighted by atomic mass is 9.96. The van der Waals surface area contributed by atoms with E-state index >= 15 is 0 Å². The molecular weight excluding hydrogens is 454 g/mol. The number of thiophene rings is 1. The molecule has 7 nitrogen and oxygen atoms in total. The lowest BCUT2D eigenvalue weighted by Crippen LogP contribution is -2.34. The predicted octanol–water partition coefficient (Wildman–Crippen LogP) is 5.04. The molecule has 1 N–H and O–H groups in total. The number of esters is 1. The average molecular weight is 488 g/mol. The molecule has 2 rings (SSSR count). The van der Waals surface area contributed by atoms with Gasteiger partial charge in [0.1, 0.15) is 0 Å². The minimum absolute atomic E-state index is 0.0639. The van der Waals surface area contributed by atoms with Gasteiger partial charge in [-0.3, -0.25) is 9.59 Å². The fourth-order valence-corrected chi connectivity index (χ4v) is 3.58. The lowest BCUT2D eigenvalue weighted by molar-refractivity contribution is -0.136. The number of carbonyl (C=O) groups is 3. The zero-order valence-corrected chi connectivity index (χ0v) is 21.3. The summed E-state index contributed by atoms with van der Waals surface area (Å²) >= 11 is 1.27. The second kappa shape index (κ2) is 12.9. The zero-order valence-electron chi connectivity index (χ0n) is 20.4. The number of rotatable bonds is 12. The molecule has 0 saturated carbocycles. The lowest BCUT2D eigenvalue weighted by Gasteiger charge is -2.17. The van der Waals surface area contributed by atoms with Gasteiger partial charge in [-0.25, -0.2) is 4.79 Å². The van der Waals surface area contributed by atoms with Crippen LogP contribution in [0.2, 0.25) is 0 Å². The molecule has 0 saturated heterocycles. The third-order valence-corrected chi connectivity index (χ3v) is 5.65. The number of Topliss-reactive ketones (excluding diaryl/α,β-unsaturated/α-hetero) is 1. The van der Waals surface area contributed by atoms with Crippen molar-refractivity contribution in [2.45, 2.75) is 47.6 Å². The van der Waals surface area contributed by atoms with Crippen molar-refractivity contribution in [3.05, 3.63) is 51.7 Å². The molecule has 1 aromatic carbocycles. The molecule has 0 spiro atoms. The van der Waals surface area contributed by atoms with Crippen molar-refractivity contribution < 1.29 is 28.6 Å². The molecule has 1 heterocycles. The van der Waals surface area contributed by atoms with E-state index in [4.69, 9.17) is 14.2 Å². The highest BCUT2D eigenvalue weighted by atomic mass is 32.1. The summed E-state index contributed by atoms with van der Waals surface area (Å²) in [6, 6.07) is 8.86. The normalized spacial score (nSPS) is 11.3. The van der Waals surface area contributed by atoms with E-state index in [9.17, 15) is 14.4 Å². The fourth-order valence-electron chi connectivity index (χ4n) is 2.70. The van der Waals surface area contributed by atoms with Crippen LogP contribution in [0.4, 0.5) is 0 Å². The van der Waals surface area contributed by atoms with Crippen LogP contribution in [-0.2, 0) is 20.9 Å². The predicted molar refractivity (Wildman–Crippen MR) is 133 cm³/mol. The number of benzene rings is 1. The Morgan fingerprint density at radius 3 is 2.47 bits per heavy atom. The van der Waals surface area contributed by atoms with E-state index in [1.54, 1.807) is 30.3 Å². The summed E-state index contributed by atoms with van der Waals surface area (Å²) in [6.07, 6.45) is 3.76. The Morgan fingerprint density at radius 2 is 1.79 bits per heavy atom. The summed E-state index contributed by atoms with van der Waals surface area (Å²) in [5, 5.41) is 2.85. The quantitative estimate of drug-likeness (QED) is 0.256. The largest absolute Gasteiger partial charge is 0.490 e. The van der Waals surface area contributed by atoms with Crippen LogP contribution in [0.1, 0.15) is 61.2 Å². The van der Waals surface area contributed by atoms with E-state index in [1.165, 1.54) is 17.4 Å². The minimum Gasteiger partial charge on any atom is -0.490 e. The number of amides is 1. The van der Waals surface area contributed by atoms with Crippen LogP contribution in [0.15, 0.2) is 36.4 Å². The van der Waals surface area contributed by atoms with Crippen LogP contribution in [0.5, 0.6) is 11.5 Å². The van der Waals surface area contributed by atoms with Crippen molar-refractivity contribution in [3.63, 3.8) is 0 Å². The highest BCUT2D eigenvalue weighted by molar-refractivity contribution is 7.14. The molecule has 2 aromatic rings. The van der Waals surface area contributed by atoms with Gasteiger partial charge in [-0.1, -0.05) is 33.8 Å². The highest BCUT2D eigenvalue weighted by Crippen LogP contribution is 2.29. The van der Waals surface area contributed by atoms with Gasteiger partial charge in [-0.2, -0.15) is 0 Å². The number of hydrogen-bond acceptors (Lipinski definition) is 7. The van der Waals surface area contributed by atoms with Gasteiger partial charge >= 0.3 is 5.97 Å². The van der Waals surface area contributed by atoms with Crippen LogP contribution in [-0.4, -0.2) is 37.5 Å². The van der Waals surface area contributed by atoms with E-state index in [1.807, 2.05) is 40.7 Å². The van der Waals surface area contributed by atoms with Crippen LogP contribution in [0.3, 0.4) is 0 Å². The molecule has 8 heteroatoms. The third kappa shape index (κ3) is 8.67. The Balaban J connectivity index is 1.88. The highest BCUT2D eigenvalue weighted by Gasteiger charge is 2.21. The van der Waals surface area contributed by atoms with Crippen molar-refractivity contribution >= 4 is 35.1 Å². The molecule has 184 valence electrons. The molecular formula is C26H33NO6S. The summed E-state index contributed by atoms with van der Waals surface area (Å²) in [5.74, 6) is 0.283. The van der Waals surface area contributed by atoms with Gasteiger partial charge in [0.05, 0.1) is 24.6 Å². The van der Waals surface area contributed by atoms with Crippen molar-refractivity contribution in [2.75, 3.05) is 19.8 Å². The SMILES string of the molecule is CCCOc1ccc(/C=C/C(=O)OCC(=O)c2ccc(CNC(=O)C(C)(C)C)s2)cc1OCC. The molecule has 0 aliphatic heterocycles. The van der Waals surface area contributed by atoms with E-state index in [2.05, 4.69) is 5.32 Å². The molecule has 0 unspecified atom stereocenters. The van der Waals surface area contributed by atoms with Gasteiger partial charge in [-0.15, -0.1) is 11.3 Å². The number of ketones is 1. The average Bonchev–Trinajstić information content (AvgIpc) is 3.27. The maximum atomic E-state index is 12.4. The first-order chi connectivity index (χ1) is 16.1. The van der Waals surface area contributed by atoms with Crippen LogP contribution >= 0.6 is 11.3 Å².